The van der Waals surface area contributed by atoms with Crippen molar-refractivity contribution < 1.29 is 4.52 Å². The van der Waals surface area contributed by atoms with Crippen LogP contribution in [0.1, 0.15) is 24.6 Å². The molecule has 0 radical (unpaired) electrons. The summed E-state index contributed by atoms with van der Waals surface area (Å²) in [6.45, 7) is 3.40. The summed E-state index contributed by atoms with van der Waals surface area (Å²) in [7, 11) is 0. The average molecular weight is 182 g/mol. The molecule has 0 amide bonds. The van der Waals surface area contributed by atoms with Crippen molar-refractivity contribution in [3.05, 3.63) is 11.7 Å². The van der Waals surface area contributed by atoms with Crippen LogP contribution in [0.2, 0.25) is 0 Å². The minimum atomic E-state index is 0.351. The number of rotatable bonds is 3. The topological polar surface area (TPSA) is 68.2 Å². The SMILES string of the molecule is NCc1noc(CN2CCCC2)n1. The Labute approximate surface area is 76.9 Å². The molecule has 2 rings (SSSR count). The van der Waals surface area contributed by atoms with Crippen LogP contribution in [0.15, 0.2) is 4.52 Å². The maximum Gasteiger partial charge on any atom is 0.240 e. The van der Waals surface area contributed by atoms with Gasteiger partial charge < -0.3 is 10.3 Å². The fourth-order valence-electron chi connectivity index (χ4n) is 1.57. The molecule has 13 heavy (non-hydrogen) atoms. The third-order valence-electron chi connectivity index (χ3n) is 2.25. The third-order valence-corrected chi connectivity index (χ3v) is 2.25. The first-order valence-corrected chi connectivity index (χ1v) is 4.62. The summed E-state index contributed by atoms with van der Waals surface area (Å²) in [5.41, 5.74) is 5.37. The molecule has 1 fully saturated rings. The lowest BCUT2D eigenvalue weighted by molar-refractivity contribution is 0.267. The second-order valence-electron chi connectivity index (χ2n) is 3.29. The number of hydrogen-bond donors (Lipinski definition) is 1. The Morgan fingerprint density at radius 3 is 2.77 bits per heavy atom. The summed E-state index contributed by atoms with van der Waals surface area (Å²) in [5.74, 6) is 1.27. The highest BCUT2D eigenvalue weighted by atomic mass is 16.5. The van der Waals surface area contributed by atoms with Crippen LogP contribution in [-0.4, -0.2) is 28.1 Å². The summed E-state index contributed by atoms with van der Waals surface area (Å²) in [6, 6.07) is 0. The van der Waals surface area contributed by atoms with Crippen LogP contribution in [0.25, 0.3) is 0 Å². The molecule has 0 aliphatic carbocycles. The van der Waals surface area contributed by atoms with Gasteiger partial charge >= 0.3 is 0 Å². The summed E-state index contributed by atoms with van der Waals surface area (Å²) >= 11 is 0. The first-order valence-electron chi connectivity index (χ1n) is 4.62. The third kappa shape index (κ3) is 2.05. The number of hydrogen-bond acceptors (Lipinski definition) is 5. The van der Waals surface area contributed by atoms with Crippen molar-refractivity contribution >= 4 is 0 Å². The van der Waals surface area contributed by atoms with Gasteiger partial charge in [0.15, 0.2) is 5.82 Å². The van der Waals surface area contributed by atoms with E-state index in [9.17, 15) is 0 Å². The van der Waals surface area contributed by atoms with Gasteiger partial charge in [-0.1, -0.05) is 5.16 Å². The van der Waals surface area contributed by atoms with E-state index < -0.39 is 0 Å². The Balaban J connectivity index is 1.92. The van der Waals surface area contributed by atoms with Crippen molar-refractivity contribution in [2.45, 2.75) is 25.9 Å². The van der Waals surface area contributed by atoms with Gasteiger partial charge in [0.25, 0.3) is 0 Å². The van der Waals surface area contributed by atoms with Crippen LogP contribution in [0, 0.1) is 0 Å². The fourth-order valence-corrected chi connectivity index (χ4v) is 1.57. The summed E-state index contributed by atoms with van der Waals surface area (Å²) < 4.78 is 5.03. The van der Waals surface area contributed by atoms with Gasteiger partial charge in [0.2, 0.25) is 5.89 Å². The Bertz CT molecular complexity index is 267. The molecule has 1 saturated heterocycles. The van der Waals surface area contributed by atoms with Crippen molar-refractivity contribution in [2.75, 3.05) is 13.1 Å². The maximum atomic E-state index is 5.37. The quantitative estimate of drug-likeness (QED) is 0.719. The molecule has 2 heterocycles. The highest BCUT2D eigenvalue weighted by Gasteiger charge is 2.15. The summed E-state index contributed by atoms with van der Waals surface area (Å²) in [4.78, 5) is 6.46. The zero-order chi connectivity index (χ0) is 9.10. The molecule has 1 aromatic heterocycles. The fraction of sp³-hybridized carbons (Fsp3) is 0.750. The van der Waals surface area contributed by atoms with Crippen LogP contribution in [0.3, 0.4) is 0 Å². The van der Waals surface area contributed by atoms with Gasteiger partial charge in [-0.15, -0.1) is 0 Å². The van der Waals surface area contributed by atoms with Crippen molar-refractivity contribution in [3.8, 4) is 0 Å². The largest absolute Gasteiger partial charge is 0.338 e. The van der Waals surface area contributed by atoms with E-state index in [0.717, 1.165) is 19.6 Å². The van der Waals surface area contributed by atoms with Crippen LogP contribution in [0.5, 0.6) is 0 Å². The van der Waals surface area contributed by atoms with Crippen molar-refractivity contribution in [1.82, 2.24) is 15.0 Å². The normalized spacial score (nSPS) is 18.2. The Hall–Kier alpha value is -0.940. The van der Waals surface area contributed by atoms with E-state index in [-0.39, 0.29) is 0 Å². The van der Waals surface area contributed by atoms with E-state index in [2.05, 4.69) is 15.0 Å². The Morgan fingerprint density at radius 2 is 2.15 bits per heavy atom. The zero-order valence-corrected chi connectivity index (χ0v) is 7.57. The van der Waals surface area contributed by atoms with Crippen molar-refractivity contribution in [1.29, 1.82) is 0 Å². The van der Waals surface area contributed by atoms with Crippen LogP contribution in [-0.2, 0) is 13.1 Å². The van der Waals surface area contributed by atoms with E-state index in [0.29, 0.717) is 18.3 Å². The first kappa shape index (κ1) is 8.65. The molecule has 0 spiro atoms. The second-order valence-corrected chi connectivity index (χ2v) is 3.29. The lowest BCUT2D eigenvalue weighted by Gasteiger charge is -2.09. The molecule has 5 heteroatoms. The Morgan fingerprint density at radius 1 is 1.38 bits per heavy atom. The zero-order valence-electron chi connectivity index (χ0n) is 7.57. The van der Waals surface area contributed by atoms with E-state index in [4.69, 9.17) is 10.3 Å². The van der Waals surface area contributed by atoms with E-state index in [1.807, 2.05) is 0 Å². The van der Waals surface area contributed by atoms with Gasteiger partial charge in [-0.3, -0.25) is 4.90 Å². The van der Waals surface area contributed by atoms with E-state index in [1.165, 1.54) is 12.8 Å². The first-order chi connectivity index (χ1) is 6.38. The number of nitrogens with two attached hydrogens (primary N) is 1. The van der Waals surface area contributed by atoms with E-state index in [1.54, 1.807) is 0 Å². The maximum absolute atomic E-state index is 5.37. The smallest absolute Gasteiger partial charge is 0.240 e. The number of aromatic nitrogens is 2. The Kier molecular flexibility index (Phi) is 2.56. The van der Waals surface area contributed by atoms with E-state index >= 15 is 0 Å². The summed E-state index contributed by atoms with van der Waals surface area (Å²) in [5, 5.41) is 3.74. The van der Waals surface area contributed by atoms with Crippen molar-refractivity contribution in [2.24, 2.45) is 5.73 Å². The van der Waals surface area contributed by atoms with Crippen LogP contribution >= 0.6 is 0 Å². The average Bonchev–Trinajstić information content (AvgIpc) is 2.76. The lowest BCUT2D eigenvalue weighted by Crippen LogP contribution is -2.18. The van der Waals surface area contributed by atoms with Gasteiger partial charge in [0.1, 0.15) is 0 Å². The number of nitrogens with zero attached hydrogens (tertiary/aromatic N) is 3. The molecule has 5 nitrogen and oxygen atoms in total. The summed E-state index contributed by atoms with van der Waals surface area (Å²) in [6.07, 6.45) is 2.55. The minimum Gasteiger partial charge on any atom is -0.338 e. The highest BCUT2D eigenvalue weighted by Crippen LogP contribution is 2.10. The molecule has 1 aromatic rings. The molecule has 0 bridgehead atoms. The van der Waals surface area contributed by atoms with Crippen molar-refractivity contribution in [3.63, 3.8) is 0 Å². The second kappa shape index (κ2) is 3.85. The van der Waals surface area contributed by atoms with Crippen LogP contribution < -0.4 is 5.73 Å². The number of likely N-dealkylation sites (tertiary alicyclic amines) is 1. The van der Waals surface area contributed by atoms with Gasteiger partial charge in [-0.05, 0) is 25.9 Å². The van der Waals surface area contributed by atoms with Crippen LogP contribution in [0.4, 0.5) is 0 Å². The molecular weight excluding hydrogens is 168 g/mol. The molecule has 0 saturated carbocycles. The molecule has 0 atom stereocenters. The van der Waals surface area contributed by atoms with Gasteiger partial charge in [0.05, 0.1) is 13.1 Å². The predicted octanol–water partition coefficient (Wildman–Crippen LogP) is 0.124. The molecule has 0 aromatic carbocycles. The highest BCUT2D eigenvalue weighted by molar-refractivity contribution is 4.85. The molecule has 1 aliphatic rings. The molecule has 1 aliphatic heterocycles. The van der Waals surface area contributed by atoms with Gasteiger partial charge in [0, 0.05) is 0 Å². The predicted molar refractivity (Wildman–Crippen MR) is 46.7 cm³/mol. The minimum absolute atomic E-state index is 0.351. The van der Waals surface area contributed by atoms with Gasteiger partial charge in [-0.2, -0.15) is 4.98 Å². The molecular formula is C8H14N4O. The lowest BCUT2D eigenvalue weighted by atomic mass is 10.4. The molecule has 72 valence electrons. The molecule has 2 N–H and O–H groups in total. The standard InChI is InChI=1S/C8H14N4O/c9-5-7-10-8(13-11-7)6-12-3-1-2-4-12/h1-6,9H2. The van der Waals surface area contributed by atoms with Gasteiger partial charge in [-0.25, -0.2) is 0 Å². The molecule has 0 unspecified atom stereocenters. The monoisotopic (exact) mass is 182 g/mol.